The molecule has 0 fully saturated rings. The molecule has 3 aromatic rings. The van der Waals surface area contributed by atoms with Crippen LogP contribution in [0.5, 0.6) is 0 Å². The summed E-state index contributed by atoms with van der Waals surface area (Å²) >= 11 is 1.52. The van der Waals surface area contributed by atoms with Gasteiger partial charge in [0.2, 0.25) is 0 Å². The summed E-state index contributed by atoms with van der Waals surface area (Å²) in [6.45, 7) is 6.79. The van der Waals surface area contributed by atoms with Gasteiger partial charge in [0.15, 0.2) is 0 Å². The number of amides is 1. The fourth-order valence-electron chi connectivity index (χ4n) is 4.24. The first-order valence-electron chi connectivity index (χ1n) is 10.3. The van der Waals surface area contributed by atoms with Gasteiger partial charge in [-0.05, 0) is 59.1 Å². The van der Waals surface area contributed by atoms with Gasteiger partial charge in [-0.3, -0.25) is 4.79 Å². The van der Waals surface area contributed by atoms with E-state index in [9.17, 15) is 9.59 Å². The first kappa shape index (κ1) is 20.6. The van der Waals surface area contributed by atoms with Gasteiger partial charge in [0.1, 0.15) is 5.00 Å². The molecule has 1 amide bonds. The number of nitrogens with one attached hydrogen (secondary N) is 1. The van der Waals surface area contributed by atoms with E-state index in [0.717, 1.165) is 35.6 Å². The number of carbonyl (C=O) groups excluding carboxylic acids is 2. The van der Waals surface area contributed by atoms with Gasteiger partial charge >= 0.3 is 5.97 Å². The zero-order chi connectivity index (χ0) is 21.5. The van der Waals surface area contributed by atoms with Crippen molar-refractivity contribution in [3.8, 4) is 0 Å². The summed E-state index contributed by atoms with van der Waals surface area (Å²) in [5, 5.41) is 5.69. The van der Waals surface area contributed by atoms with Crippen LogP contribution in [0.15, 0.2) is 42.5 Å². The molecule has 0 radical (unpaired) electrons. The lowest BCUT2D eigenvalue weighted by atomic mass is 9.72. The van der Waals surface area contributed by atoms with Crippen molar-refractivity contribution in [1.29, 1.82) is 0 Å². The van der Waals surface area contributed by atoms with Crippen LogP contribution in [0.25, 0.3) is 10.8 Å². The molecule has 30 heavy (non-hydrogen) atoms. The molecule has 0 bridgehead atoms. The lowest BCUT2D eigenvalue weighted by Gasteiger charge is -2.33. The average molecular weight is 422 g/mol. The van der Waals surface area contributed by atoms with E-state index in [1.54, 1.807) is 0 Å². The molecule has 0 saturated heterocycles. The van der Waals surface area contributed by atoms with Crippen molar-refractivity contribution in [1.82, 2.24) is 0 Å². The Hall–Kier alpha value is -2.66. The second kappa shape index (κ2) is 7.88. The van der Waals surface area contributed by atoms with Gasteiger partial charge in [-0.25, -0.2) is 4.79 Å². The van der Waals surface area contributed by atoms with Crippen LogP contribution in [0.1, 0.15) is 58.3 Å². The van der Waals surface area contributed by atoms with E-state index < -0.39 is 0 Å². The molecular weight excluding hydrogens is 394 g/mol. The number of anilines is 1. The average Bonchev–Trinajstić information content (AvgIpc) is 3.09. The van der Waals surface area contributed by atoms with Gasteiger partial charge in [0.25, 0.3) is 5.91 Å². The molecule has 156 valence electrons. The summed E-state index contributed by atoms with van der Waals surface area (Å²) in [6, 6.07) is 13.6. The van der Waals surface area contributed by atoms with Crippen molar-refractivity contribution in [2.24, 2.45) is 11.3 Å². The van der Waals surface area contributed by atoms with Crippen molar-refractivity contribution < 1.29 is 14.3 Å². The topological polar surface area (TPSA) is 55.4 Å². The maximum atomic E-state index is 13.0. The second-order valence-electron chi connectivity index (χ2n) is 9.02. The molecule has 1 atom stereocenters. The molecule has 5 heteroatoms. The molecule has 4 rings (SSSR count). The first-order valence-corrected chi connectivity index (χ1v) is 11.1. The third-order valence-electron chi connectivity index (χ3n) is 6.12. The molecule has 1 unspecified atom stereocenters. The Morgan fingerprint density at radius 2 is 1.83 bits per heavy atom. The zero-order valence-corrected chi connectivity index (χ0v) is 18.7. The predicted molar refractivity (Wildman–Crippen MR) is 123 cm³/mol. The second-order valence-corrected chi connectivity index (χ2v) is 10.1. The van der Waals surface area contributed by atoms with E-state index >= 15 is 0 Å². The fourth-order valence-corrected chi connectivity index (χ4v) is 5.55. The fraction of sp³-hybridized carbons (Fsp3) is 0.360. The number of esters is 1. The molecule has 2 aromatic carbocycles. The smallest absolute Gasteiger partial charge is 0.341 e. The minimum absolute atomic E-state index is 0.210. The van der Waals surface area contributed by atoms with E-state index in [2.05, 4.69) is 26.1 Å². The zero-order valence-electron chi connectivity index (χ0n) is 17.9. The van der Waals surface area contributed by atoms with Crippen LogP contribution in [0.4, 0.5) is 5.00 Å². The number of benzene rings is 2. The highest BCUT2D eigenvalue weighted by molar-refractivity contribution is 7.17. The number of hydrogen-bond donors (Lipinski definition) is 1. The lowest BCUT2D eigenvalue weighted by molar-refractivity contribution is 0.0600. The lowest BCUT2D eigenvalue weighted by Crippen LogP contribution is -2.26. The van der Waals surface area contributed by atoms with Crippen molar-refractivity contribution >= 4 is 39.0 Å². The molecule has 1 aromatic heterocycles. The Kier molecular flexibility index (Phi) is 5.41. The Balaban J connectivity index is 1.67. The molecular formula is C25H27NO3S. The third kappa shape index (κ3) is 3.86. The maximum absolute atomic E-state index is 13.0. The third-order valence-corrected chi connectivity index (χ3v) is 7.29. The van der Waals surface area contributed by atoms with Gasteiger partial charge in [-0.1, -0.05) is 51.1 Å². The van der Waals surface area contributed by atoms with E-state index in [0.29, 0.717) is 22.0 Å². The largest absolute Gasteiger partial charge is 0.465 e. The number of hydrogen-bond acceptors (Lipinski definition) is 4. The van der Waals surface area contributed by atoms with Crippen LogP contribution in [0, 0.1) is 11.3 Å². The highest BCUT2D eigenvalue weighted by Crippen LogP contribution is 2.44. The van der Waals surface area contributed by atoms with Crippen LogP contribution in [-0.2, 0) is 17.6 Å². The Bertz CT molecular complexity index is 1120. The molecule has 1 aliphatic carbocycles. The van der Waals surface area contributed by atoms with E-state index in [1.165, 1.54) is 23.3 Å². The van der Waals surface area contributed by atoms with E-state index in [4.69, 9.17) is 4.74 Å². The Morgan fingerprint density at radius 1 is 1.10 bits per heavy atom. The van der Waals surface area contributed by atoms with Crippen molar-refractivity contribution in [3.63, 3.8) is 0 Å². The number of carbonyl (C=O) groups is 2. The van der Waals surface area contributed by atoms with E-state index in [-0.39, 0.29) is 17.3 Å². The monoisotopic (exact) mass is 421 g/mol. The molecule has 1 heterocycles. The summed E-state index contributed by atoms with van der Waals surface area (Å²) in [5.74, 6) is -0.0365. The van der Waals surface area contributed by atoms with Crippen LogP contribution in [0.2, 0.25) is 0 Å². The quantitative estimate of drug-likeness (QED) is 0.521. The van der Waals surface area contributed by atoms with Crippen LogP contribution in [0.3, 0.4) is 0 Å². The summed E-state index contributed by atoms with van der Waals surface area (Å²) in [4.78, 5) is 26.8. The maximum Gasteiger partial charge on any atom is 0.341 e. The molecule has 0 spiro atoms. The number of ether oxygens (including phenoxy) is 1. The number of thiophene rings is 1. The van der Waals surface area contributed by atoms with Crippen LogP contribution >= 0.6 is 11.3 Å². The minimum atomic E-state index is -0.379. The summed E-state index contributed by atoms with van der Waals surface area (Å²) in [5.41, 5.74) is 2.35. The summed E-state index contributed by atoms with van der Waals surface area (Å²) < 4.78 is 5.06. The van der Waals surface area contributed by atoms with Gasteiger partial charge in [0, 0.05) is 10.4 Å². The Morgan fingerprint density at radius 3 is 2.53 bits per heavy atom. The molecule has 1 aliphatic rings. The molecule has 1 N–H and O–H groups in total. The number of fused-ring (bicyclic) bond motifs is 2. The molecule has 0 aliphatic heterocycles. The highest BCUT2D eigenvalue weighted by Gasteiger charge is 2.34. The minimum Gasteiger partial charge on any atom is -0.465 e. The predicted octanol–water partition coefficient (Wildman–Crippen LogP) is 6.09. The van der Waals surface area contributed by atoms with Gasteiger partial charge in [0.05, 0.1) is 12.7 Å². The first-order chi connectivity index (χ1) is 14.3. The summed E-state index contributed by atoms with van der Waals surface area (Å²) in [7, 11) is 1.39. The van der Waals surface area contributed by atoms with Gasteiger partial charge in [-0.15, -0.1) is 11.3 Å². The summed E-state index contributed by atoms with van der Waals surface area (Å²) in [6.07, 6.45) is 2.80. The van der Waals surface area contributed by atoms with Crippen molar-refractivity contribution in [2.75, 3.05) is 12.4 Å². The molecule has 4 nitrogen and oxygen atoms in total. The Labute approximate surface area is 181 Å². The van der Waals surface area contributed by atoms with Gasteiger partial charge in [-0.2, -0.15) is 0 Å². The van der Waals surface area contributed by atoms with Crippen molar-refractivity contribution in [2.45, 2.75) is 40.0 Å². The van der Waals surface area contributed by atoms with E-state index in [1.807, 2.05) is 42.5 Å². The standard InChI is InChI=1S/C25H27NO3S/c1-25(2,3)18-11-12-19-20(14-18)30-23(21(19)24(28)29-4)26-22(27)17-10-9-15-7-5-6-8-16(15)13-17/h5-10,13,18H,11-12,14H2,1-4H3,(H,26,27). The van der Waals surface area contributed by atoms with Crippen LogP contribution < -0.4 is 5.32 Å². The van der Waals surface area contributed by atoms with Crippen LogP contribution in [-0.4, -0.2) is 19.0 Å². The van der Waals surface area contributed by atoms with Gasteiger partial charge < -0.3 is 10.1 Å². The highest BCUT2D eigenvalue weighted by atomic mass is 32.1. The van der Waals surface area contributed by atoms with Crippen molar-refractivity contribution in [3.05, 3.63) is 64.0 Å². The SMILES string of the molecule is COC(=O)c1c(NC(=O)c2ccc3ccccc3c2)sc2c1CCC(C(C)(C)C)C2. The molecule has 0 saturated carbocycles. The number of rotatable bonds is 3. The normalized spacial score (nSPS) is 16.2. The number of methoxy groups -OCH3 is 1.